The number of carbonyl (C=O) groups excluding carboxylic acids is 2. The van der Waals surface area contributed by atoms with Crippen LogP contribution in [0.4, 0.5) is 0 Å². The number of hydrogen-bond acceptors (Lipinski definition) is 10. The van der Waals surface area contributed by atoms with Crippen LogP contribution in [0.5, 0.6) is 0 Å². The van der Waals surface area contributed by atoms with Crippen LogP contribution in [-0.4, -0.2) is 99.6 Å². The third-order valence-corrected chi connectivity index (χ3v) is 16.9. The maximum Gasteiger partial charge on any atom is 0.306 e. The molecule has 0 radical (unpaired) electrons. The lowest BCUT2D eigenvalue weighted by molar-refractivity contribution is -0.305. The van der Waals surface area contributed by atoms with E-state index < -0.39 is 67.4 Å². The zero-order valence-corrected chi connectivity index (χ0v) is 55.2. The maximum atomic E-state index is 13.5. The number of aliphatic hydroxyl groups is 5. The number of aliphatic hydroxyl groups excluding tert-OH is 5. The molecule has 1 aliphatic rings. The number of carbonyl (C=O) groups is 2. The monoisotopic (exact) mass is 1200 g/mol. The van der Waals surface area contributed by atoms with Gasteiger partial charge in [0.15, 0.2) is 12.4 Å². The molecule has 1 saturated heterocycles. The SMILES string of the molecule is CCCCC/C=C\C/C=C\C/C=C\CCCCCCCCC(=O)OC1C(OCC(NC(=O)C(O)CCCCCCCCCCCCCCCCCC/C=C/CCCCCCCC)C(O)/C=C/CCCCCCCCCCC)OC(CO)C(O)C1O. The lowest BCUT2D eigenvalue weighted by Crippen LogP contribution is -2.61. The zero-order chi connectivity index (χ0) is 61.7. The van der Waals surface area contributed by atoms with Gasteiger partial charge in [0.2, 0.25) is 5.91 Å². The topological polar surface area (TPSA) is 175 Å². The van der Waals surface area contributed by atoms with Crippen LogP contribution in [0.3, 0.4) is 0 Å². The molecule has 1 rings (SSSR count). The van der Waals surface area contributed by atoms with Crippen molar-refractivity contribution in [2.75, 3.05) is 13.2 Å². The first kappa shape index (κ1) is 80.4. The largest absolute Gasteiger partial charge is 0.454 e. The second-order valence-electron chi connectivity index (χ2n) is 25.0. The molecule has 0 aromatic rings. The second-order valence-corrected chi connectivity index (χ2v) is 25.0. The summed E-state index contributed by atoms with van der Waals surface area (Å²) in [5.41, 5.74) is 0. The molecule has 0 spiro atoms. The molecule has 6 N–H and O–H groups in total. The number of allylic oxidation sites excluding steroid dienone is 9. The van der Waals surface area contributed by atoms with Crippen LogP contribution in [0.25, 0.3) is 0 Å². The summed E-state index contributed by atoms with van der Waals surface area (Å²) in [6, 6.07) is -1.03. The van der Waals surface area contributed by atoms with E-state index in [9.17, 15) is 35.1 Å². The van der Waals surface area contributed by atoms with Crippen molar-refractivity contribution < 1.29 is 49.3 Å². The van der Waals surface area contributed by atoms with Crippen molar-refractivity contribution in [3.8, 4) is 0 Å². The highest BCUT2D eigenvalue weighted by Crippen LogP contribution is 2.26. The summed E-state index contributed by atoms with van der Waals surface area (Å²) in [5, 5.41) is 57.2. The zero-order valence-electron chi connectivity index (χ0n) is 55.2. The van der Waals surface area contributed by atoms with Crippen LogP contribution in [-0.2, 0) is 23.8 Å². The van der Waals surface area contributed by atoms with Gasteiger partial charge >= 0.3 is 5.97 Å². The molecule has 1 amide bonds. The Morgan fingerprint density at radius 3 is 1.25 bits per heavy atom. The number of unbranched alkanes of at least 4 members (excludes halogenated alkanes) is 40. The minimum atomic E-state index is -1.62. The van der Waals surface area contributed by atoms with Gasteiger partial charge in [-0.1, -0.05) is 300 Å². The van der Waals surface area contributed by atoms with Crippen LogP contribution < -0.4 is 5.32 Å². The normalized spacial score (nSPS) is 18.7. The number of amides is 1. The molecule has 8 atom stereocenters. The van der Waals surface area contributed by atoms with Gasteiger partial charge in [-0.2, -0.15) is 0 Å². The maximum absolute atomic E-state index is 13.5. The van der Waals surface area contributed by atoms with Crippen molar-refractivity contribution in [2.45, 2.75) is 384 Å². The van der Waals surface area contributed by atoms with Gasteiger partial charge in [0.1, 0.15) is 24.4 Å². The van der Waals surface area contributed by atoms with Gasteiger partial charge in [-0.25, -0.2) is 0 Å². The van der Waals surface area contributed by atoms with E-state index in [0.717, 1.165) is 89.9 Å². The Kier molecular flexibility index (Phi) is 58.2. The summed E-state index contributed by atoms with van der Waals surface area (Å²) in [6.45, 7) is 5.78. The van der Waals surface area contributed by atoms with Crippen LogP contribution >= 0.6 is 0 Å². The molecule has 11 nitrogen and oxygen atoms in total. The summed E-state index contributed by atoms with van der Waals surface area (Å²) < 4.78 is 17.7. The third-order valence-electron chi connectivity index (χ3n) is 16.9. The standard InChI is InChI=1S/C74H135NO10/c1-4-7-10-13-16-19-22-24-26-28-30-31-32-33-34-35-36-38-39-41-43-46-49-52-55-58-61-67(78)73(82)75-65(66(77)60-57-54-51-48-45-21-18-15-12-9-6-3)64-83-74-72(71(81)70(80)68(63-76)84-74)85-69(79)62-59-56-53-50-47-44-42-40-37-29-27-25-23-20-17-14-11-8-5-2/h17,20,24-27,37,40,57,60,65-68,70-72,74,76-78,80-81H,4-16,18-19,21-23,28-36,38-39,41-56,58-59,61-64H2,1-3H3,(H,75,82)/b20-17-,26-24+,27-25-,40-37-,60-57+. The lowest BCUT2D eigenvalue weighted by atomic mass is 9.99. The van der Waals surface area contributed by atoms with Gasteiger partial charge < -0.3 is 45.1 Å². The van der Waals surface area contributed by atoms with Crippen LogP contribution in [0, 0.1) is 0 Å². The van der Waals surface area contributed by atoms with Crippen molar-refractivity contribution in [3.05, 3.63) is 60.8 Å². The summed E-state index contributed by atoms with van der Waals surface area (Å²) in [6.07, 6.45) is 68.4. The van der Waals surface area contributed by atoms with E-state index in [-0.39, 0.29) is 13.0 Å². The van der Waals surface area contributed by atoms with E-state index >= 15 is 0 Å². The second kappa shape index (κ2) is 61.6. The Morgan fingerprint density at radius 2 is 0.812 bits per heavy atom. The fraction of sp³-hybridized carbons (Fsp3) is 0.838. The van der Waals surface area contributed by atoms with Crippen molar-refractivity contribution in [3.63, 3.8) is 0 Å². The van der Waals surface area contributed by atoms with Gasteiger partial charge in [-0.05, 0) is 89.9 Å². The Morgan fingerprint density at radius 1 is 0.459 bits per heavy atom. The van der Waals surface area contributed by atoms with E-state index in [1.807, 2.05) is 6.08 Å². The fourth-order valence-corrected chi connectivity index (χ4v) is 11.2. The predicted molar refractivity (Wildman–Crippen MR) is 356 cm³/mol. The molecule has 496 valence electrons. The van der Waals surface area contributed by atoms with Crippen LogP contribution in [0.2, 0.25) is 0 Å². The van der Waals surface area contributed by atoms with E-state index in [1.165, 1.54) is 199 Å². The number of hydrogen-bond donors (Lipinski definition) is 6. The highest BCUT2D eigenvalue weighted by Gasteiger charge is 2.47. The van der Waals surface area contributed by atoms with Gasteiger partial charge in [-0.15, -0.1) is 0 Å². The average molecular weight is 1200 g/mol. The van der Waals surface area contributed by atoms with Gasteiger partial charge in [0.25, 0.3) is 0 Å². The minimum Gasteiger partial charge on any atom is -0.454 e. The van der Waals surface area contributed by atoms with E-state index in [4.69, 9.17) is 14.2 Å². The molecule has 0 aromatic carbocycles. The predicted octanol–water partition coefficient (Wildman–Crippen LogP) is 18.5. The van der Waals surface area contributed by atoms with Crippen molar-refractivity contribution >= 4 is 11.9 Å². The lowest BCUT2D eigenvalue weighted by Gasteiger charge is -2.41. The Bertz CT molecular complexity index is 1620. The molecule has 8 unspecified atom stereocenters. The number of nitrogens with one attached hydrogen (secondary N) is 1. The van der Waals surface area contributed by atoms with Crippen LogP contribution in [0.1, 0.15) is 335 Å². The summed E-state index contributed by atoms with van der Waals surface area (Å²) in [4.78, 5) is 26.7. The molecule has 11 heteroatoms. The summed E-state index contributed by atoms with van der Waals surface area (Å²) in [5.74, 6) is -1.20. The van der Waals surface area contributed by atoms with E-state index in [2.05, 4.69) is 74.7 Å². The third kappa shape index (κ3) is 48.9. The minimum absolute atomic E-state index is 0.109. The number of ether oxygens (including phenoxy) is 3. The summed E-state index contributed by atoms with van der Waals surface area (Å²) in [7, 11) is 0. The molecular weight excluding hydrogens is 1060 g/mol. The molecule has 85 heavy (non-hydrogen) atoms. The van der Waals surface area contributed by atoms with Gasteiger partial charge in [0, 0.05) is 6.42 Å². The smallest absolute Gasteiger partial charge is 0.306 e. The van der Waals surface area contributed by atoms with Gasteiger partial charge in [-0.3, -0.25) is 9.59 Å². The summed E-state index contributed by atoms with van der Waals surface area (Å²) >= 11 is 0. The highest BCUT2D eigenvalue weighted by atomic mass is 16.7. The number of esters is 1. The van der Waals surface area contributed by atoms with E-state index in [0.29, 0.717) is 19.3 Å². The molecule has 0 aromatic heterocycles. The Hall–Kier alpha value is -2.64. The highest BCUT2D eigenvalue weighted by molar-refractivity contribution is 5.80. The first-order chi connectivity index (χ1) is 41.7. The Balaban J connectivity index is 2.54. The quantitative estimate of drug-likeness (QED) is 0.0195. The van der Waals surface area contributed by atoms with Crippen molar-refractivity contribution in [1.29, 1.82) is 0 Å². The first-order valence-electron chi connectivity index (χ1n) is 36.1. The molecule has 1 aliphatic heterocycles. The Labute approximate surface area is 522 Å². The van der Waals surface area contributed by atoms with Crippen molar-refractivity contribution in [2.24, 2.45) is 0 Å². The van der Waals surface area contributed by atoms with Gasteiger partial charge in [0.05, 0.1) is 25.4 Å². The van der Waals surface area contributed by atoms with Crippen LogP contribution in [0.15, 0.2) is 60.8 Å². The molecule has 1 heterocycles. The average Bonchev–Trinajstić information content (AvgIpc) is 2.90. The fourth-order valence-electron chi connectivity index (χ4n) is 11.2. The number of rotatable bonds is 62. The van der Waals surface area contributed by atoms with E-state index in [1.54, 1.807) is 6.08 Å². The molecule has 1 fully saturated rings. The van der Waals surface area contributed by atoms with Crippen molar-refractivity contribution in [1.82, 2.24) is 5.32 Å². The molecule has 0 saturated carbocycles. The first-order valence-corrected chi connectivity index (χ1v) is 36.1. The molecule has 0 bridgehead atoms. The molecule has 0 aliphatic carbocycles. The molecular formula is C74H135NO10.